The van der Waals surface area contributed by atoms with Crippen LogP contribution in [-0.2, 0) is 0 Å². The first-order chi connectivity index (χ1) is 27.4. The number of rotatable bonds is 9. The fraction of sp³-hybridized carbons (Fsp3) is 0.120. The molecule has 0 aliphatic heterocycles. The molecule has 0 amide bonds. The highest BCUT2D eigenvalue weighted by Gasteiger charge is 2.33. The fourth-order valence-electron chi connectivity index (χ4n) is 8.36. The van der Waals surface area contributed by atoms with E-state index in [9.17, 15) is 21.0 Å². The molecule has 266 valence electrons. The lowest BCUT2D eigenvalue weighted by atomic mass is 9.78. The van der Waals surface area contributed by atoms with Crippen molar-refractivity contribution in [3.8, 4) is 57.9 Å². The first-order valence-electron chi connectivity index (χ1n) is 18.6. The van der Waals surface area contributed by atoms with Crippen LogP contribution in [0.3, 0.4) is 0 Å². The van der Waals surface area contributed by atoms with E-state index >= 15 is 0 Å². The van der Waals surface area contributed by atoms with Crippen LogP contribution < -0.4 is 0 Å². The minimum absolute atomic E-state index is 0.532. The van der Waals surface area contributed by atoms with Crippen molar-refractivity contribution in [3.05, 3.63) is 179 Å². The molecule has 0 aliphatic rings. The molecule has 0 radical (unpaired) electrons. The standard InChI is InChI=1S/C50H36N6/c1-31-21-23-40-42(25-31)55-48(34-15-8-4-9-16-34)46(40)45(39(29-53)30-54)37-20-12-19-36(26-37)43-32(2)22-24-41-47(49(56-50(41)43)35-17-10-5-11-18-35)44(38(27-51)28-52)33-13-6-3-7-14-33/h3-26,38-39,44-45,55-56H,1-2H3/t44-,45+/m0/s1. The SMILES string of the molecule is Cc1ccc2c([C@H](c3cccc(-c4c(C)ccc5c([C@@H](c6ccccc6)C(C#N)C#N)c(-c6ccccc6)[nH]c45)c3)C(C#N)C#N)c(-c3ccccc3)[nH]c2c1. The molecule has 2 heterocycles. The summed E-state index contributed by atoms with van der Waals surface area (Å²) in [7, 11) is 0. The van der Waals surface area contributed by atoms with Crippen molar-refractivity contribution in [2.75, 3.05) is 0 Å². The van der Waals surface area contributed by atoms with Crippen LogP contribution in [0.5, 0.6) is 0 Å². The maximum Gasteiger partial charge on any atom is 0.144 e. The molecule has 8 rings (SSSR count). The highest BCUT2D eigenvalue weighted by molar-refractivity contribution is 6.02. The monoisotopic (exact) mass is 720 g/mol. The lowest BCUT2D eigenvalue weighted by Gasteiger charge is -2.22. The topological polar surface area (TPSA) is 127 Å². The van der Waals surface area contributed by atoms with Gasteiger partial charge < -0.3 is 9.97 Å². The number of H-pyrrole nitrogens is 2. The maximum atomic E-state index is 10.5. The van der Waals surface area contributed by atoms with Crippen LogP contribution >= 0.6 is 0 Å². The van der Waals surface area contributed by atoms with Crippen LogP contribution in [-0.4, -0.2) is 9.97 Å². The van der Waals surface area contributed by atoms with Crippen molar-refractivity contribution >= 4 is 21.8 Å². The van der Waals surface area contributed by atoms with E-state index in [1.807, 2.05) is 103 Å². The number of benzene rings is 6. The van der Waals surface area contributed by atoms with E-state index in [0.717, 1.165) is 88.8 Å². The van der Waals surface area contributed by atoms with Gasteiger partial charge in [0, 0.05) is 33.7 Å². The first kappa shape index (κ1) is 35.4. The average molecular weight is 721 g/mol. The van der Waals surface area contributed by atoms with Gasteiger partial charge in [-0.05, 0) is 70.0 Å². The molecule has 0 saturated carbocycles. The third-order valence-electron chi connectivity index (χ3n) is 10.9. The number of fused-ring (bicyclic) bond motifs is 2. The minimum atomic E-state index is -0.979. The van der Waals surface area contributed by atoms with E-state index in [2.05, 4.69) is 90.6 Å². The number of aryl methyl sites for hydroxylation is 2. The lowest BCUT2D eigenvalue weighted by molar-refractivity contribution is 0.715. The molecule has 2 aromatic heterocycles. The highest BCUT2D eigenvalue weighted by atomic mass is 14.7. The van der Waals surface area contributed by atoms with Gasteiger partial charge >= 0.3 is 0 Å². The second-order valence-electron chi connectivity index (χ2n) is 14.3. The smallest absolute Gasteiger partial charge is 0.144 e. The second-order valence-corrected chi connectivity index (χ2v) is 14.3. The predicted molar refractivity (Wildman–Crippen MR) is 222 cm³/mol. The van der Waals surface area contributed by atoms with Crippen molar-refractivity contribution < 1.29 is 0 Å². The molecule has 6 heteroatoms. The lowest BCUT2D eigenvalue weighted by Crippen LogP contribution is -2.12. The number of aromatic nitrogens is 2. The van der Waals surface area contributed by atoms with Gasteiger partial charge in [-0.1, -0.05) is 140 Å². The van der Waals surface area contributed by atoms with Gasteiger partial charge in [-0.3, -0.25) is 0 Å². The molecule has 6 nitrogen and oxygen atoms in total. The number of nitrogens with one attached hydrogen (secondary N) is 2. The Morgan fingerprint density at radius 2 is 0.964 bits per heavy atom. The summed E-state index contributed by atoms with van der Waals surface area (Å²) < 4.78 is 0. The summed E-state index contributed by atoms with van der Waals surface area (Å²) in [6.07, 6.45) is 0. The Bertz CT molecular complexity index is 2870. The Balaban J connectivity index is 1.39. The van der Waals surface area contributed by atoms with Crippen molar-refractivity contribution in [3.63, 3.8) is 0 Å². The zero-order chi connectivity index (χ0) is 38.8. The molecule has 0 fully saturated rings. The molecule has 2 atom stereocenters. The van der Waals surface area contributed by atoms with Crippen LogP contribution in [0.1, 0.15) is 45.2 Å². The Morgan fingerprint density at radius 1 is 0.464 bits per heavy atom. The second kappa shape index (κ2) is 15.0. The summed E-state index contributed by atoms with van der Waals surface area (Å²) in [5.74, 6) is -3.03. The molecule has 0 aliphatic carbocycles. The average Bonchev–Trinajstić information content (AvgIpc) is 3.81. The number of aromatic amines is 2. The van der Waals surface area contributed by atoms with Crippen LogP contribution in [0.25, 0.3) is 55.4 Å². The van der Waals surface area contributed by atoms with E-state index in [1.165, 1.54) is 0 Å². The number of nitriles is 4. The summed E-state index contributed by atoms with van der Waals surface area (Å²) in [6.45, 7) is 4.13. The van der Waals surface area contributed by atoms with E-state index in [-0.39, 0.29) is 0 Å². The predicted octanol–water partition coefficient (Wildman–Crippen LogP) is 11.9. The van der Waals surface area contributed by atoms with Gasteiger partial charge in [0.05, 0.1) is 41.2 Å². The van der Waals surface area contributed by atoms with Crippen molar-refractivity contribution in [1.29, 1.82) is 21.0 Å². The number of hydrogen-bond acceptors (Lipinski definition) is 4. The zero-order valence-corrected chi connectivity index (χ0v) is 31.0. The third kappa shape index (κ3) is 6.17. The maximum absolute atomic E-state index is 10.5. The van der Waals surface area contributed by atoms with Crippen molar-refractivity contribution in [2.24, 2.45) is 11.8 Å². The Kier molecular flexibility index (Phi) is 9.48. The summed E-state index contributed by atoms with van der Waals surface area (Å²) >= 11 is 0. The molecule has 8 aromatic rings. The van der Waals surface area contributed by atoms with Crippen LogP contribution in [0.2, 0.25) is 0 Å². The number of hydrogen-bond donors (Lipinski definition) is 2. The number of nitrogens with zero attached hydrogens (tertiary/aromatic N) is 4. The quantitative estimate of drug-likeness (QED) is 0.154. The normalized spacial score (nSPS) is 12.2. The van der Waals surface area contributed by atoms with Gasteiger partial charge in [-0.2, -0.15) is 21.0 Å². The van der Waals surface area contributed by atoms with E-state index < -0.39 is 23.7 Å². The van der Waals surface area contributed by atoms with Crippen molar-refractivity contribution in [1.82, 2.24) is 9.97 Å². The fourth-order valence-corrected chi connectivity index (χ4v) is 8.36. The summed E-state index contributed by atoms with van der Waals surface area (Å²) in [4.78, 5) is 7.45. The summed E-state index contributed by atoms with van der Waals surface area (Å²) in [6, 6.07) is 57.8. The summed E-state index contributed by atoms with van der Waals surface area (Å²) in [5.41, 5.74) is 13.0. The first-order valence-corrected chi connectivity index (χ1v) is 18.6. The van der Waals surface area contributed by atoms with Gasteiger partial charge in [0.1, 0.15) is 11.8 Å². The van der Waals surface area contributed by atoms with Gasteiger partial charge in [-0.25, -0.2) is 0 Å². The Hall–Kier alpha value is -7.64. The van der Waals surface area contributed by atoms with Crippen LogP contribution in [0, 0.1) is 71.0 Å². The third-order valence-corrected chi connectivity index (χ3v) is 10.9. The van der Waals surface area contributed by atoms with E-state index in [1.54, 1.807) is 0 Å². The highest BCUT2D eigenvalue weighted by Crippen LogP contribution is 2.47. The largest absolute Gasteiger partial charge is 0.354 e. The Labute approximate surface area is 326 Å². The van der Waals surface area contributed by atoms with Gasteiger partial charge in [-0.15, -0.1) is 0 Å². The van der Waals surface area contributed by atoms with Crippen LogP contribution in [0.15, 0.2) is 146 Å². The molecule has 0 bridgehead atoms. The Morgan fingerprint density at radius 3 is 1.57 bits per heavy atom. The molecular weight excluding hydrogens is 685 g/mol. The molecule has 56 heavy (non-hydrogen) atoms. The molecule has 0 spiro atoms. The molecule has 0 saturated heterocycles. The minimum Gasteiger partial charge on any atom is -0.354 e. The zero-order valence-electron chi connectivity index (χ0n) is 31.0. The van der Waals surface area contributed by atoms with Gasteiger partial charge in [0.2, 0.25) is 0 Å². The van der Waals surface area contributed by atoms with E-state index in [4.69, 9.17) is 0 Å². The molecule has 0 unspecified atom stereocenters. The van der Waals surface area contributed by atoms with Gasteiger partial charge in [0.25, 0.3) is 0 Å². The molecular formula is C50H36N6. The van der Waals surface area contributed by atoms with E-state index in [0.29, 0.717) is 0 Å². The summed E-state index contributed by atoms with van der Waals surface area (Å²) in [5, 5.41) is 43.7. The molecule has 6 aromatic carbocycles. The van der Waals surface area contributed by atoms with Gasteiger partial charge in [0.15, 0.2) is 0 Å². The van der Waals surface area contributed by atoms with Crippen LogP contribution in [0.4, 0.5) is 0 Å². The van der Waals surface area contributed by atoms with Crippen molar-refractivity contribution in [2.45, 2.75) is 25.7 Å². The molecule has 2 N–H and O–H groups in total.